The number of thiazole rings is 1. The number of amides is 1. The van der Waals surface area contributed by atoms with E-state index in [2.05, 4.69) is 15.3 Å². The molecule has 0 fully saturated rings. The molecule has 0 spiro atoms. The van der Waals surface area contributed by atoms with Crippen molar-refractivity contribution in [2.45, 2.75) is 12.4 Å². The highest BCUT2D eigenvalue weighted by molar-refractivity contribution is 7.14. The summed E-state index contributed by atoms with van der Waals surface area (Å²) in [4.78, 5) is 19.3. The fourth-order valence-electron chi connectivity index (χ4n) is 2.18. The molecule has 3 rings (SSSR count). The largest absolute Gasteiger partial charge is 0.433 e. The average Bonchev–Trinajstić information content (AvgIpc) is 3.09. The molecule has 146 valence electrons. The summed E-state index contributed by atoms with van der Waals surface area (Å²) in [7, 11) is 0. The Bertz CT molecular complexity index is 995. The number of carbonyl (C=O) groups is 1. The summed E-state index contributed by atoms with van der Waals surface area (Å²) >= 11 is 0.963. The standard InChI is InChI=1S/C17H9F6N3OS/c18-16(19,20)11-3-1-2-9(6-11)12-8-28-15(25-12)26-14(27)10-4-5-13(24-7-10)17(21,22)23/h1-8H,(H,25,26,27). The number of nitrogens with zero attached hydrogens (tertiary/aromatic N) is 2. The van der Waals surface area contributed by atoms with Crippen molar-refractivity contribution >= 4 is 22.4 Å². The summed E-state index contributed by atoms with van der Waals surface area (Å²) < 4.78 is 75.9. The number of hydrogen-bond acceptors (Lipinski definition) is 4. The molecule has 1 amide bonds. The van der Waals surface area contributed by atoms with Crippen LogP contribution >= 0.6 is 11.3 Å². The lowest BCUT2D eigenvalue weighted by Crippen LogP contribution is -2.14. The summed E-state index contributed by atoms with van der Waals surface area (Å²) in [6, 6.07) is 6.17. The van der Waals surface area contributed by atoms with E-state index in [0.717, 1.165) is 35.7 Å². The van der Waals surface area contributed by atoms with Crippen molar-refractivity contribution < 1.29 is 31.1 Å². The van der Waals surface area contributed by atoms with Gasteiger partial charge in [0.05, 0.1) is 16.8 Å². The van der Waals surface area contributed by atoms with Crippen molar-refractivity contribution in [2.75, 3.05) is 5.32 Å². The number of aromatic nitrogens is 2. The smallest absolute Gasteiger partial charge is 0.298 e. The van der Waals surface area contributed by atoms with Crippen molar-refractivity contribution in [2.24, 2.45) is 0 Å². The van der Waals surface area contributed by atoms with E-state index in [1.54, 1.807) is 0 Å². The van der Waals surface area contributed by atoms with Gasteiger partial charge in [0, 0.05) is 17.1 Å². The number of nitrogens with one attached hydrogen (secondary N) is 1. The molecule has 0 atom stereocenters. The quantitative estimate of drug-likeness (QED) is 0.573. The topological polar surface area (TPSA) is 54.9 Å². The lowest BCUT2D eigenvalue weighted by Gasteiger charge is -2.07. The number of anilines is 1. The Hall–Kier alpha value is -2.95. The van der Waals surface area contributed by atoms with Gasteiger partial charge in [0.1, 0.15) is 5.69 Å². The van der Waals surface area contributed by atoms with Crippen molar-refractivity contribution in [3.63, 3.8) is 0 Å². The Morgan fingerprint density at radius 2 is 1.75 bits per heavy atom. The van der Waals surface area contributed by atoms with Crippen LogP contribution in [0.1, 0.15) is 21.6 Å². The van der Waals surface area contributed by atoms with E-state index in [1.165, 1.54) is 17.5 Å². The summed E-state index contributed by atoms with van der Waals surface area (Å²) in [5.74, 6) is -0.744. The molecule has 28 heavy (non-hydrogen) atoms. The van der Waals surface area contributed by atoms with Crippen molar-refractivity contribution in [1.29, 1.82) is 0 Å². The highest BCUT2D eigenvalue weighted by atomic mass is 32.1. The zero-order valence-electron chi connectivity index (χ0n) is 13.6. The monoisotopic (exact) mass is 417 g/mol. The van der Waals surface area contributed by atoms with Gasteiger partial charge in [-0.15, -0.1) is 11.3 Å². The normalized spacial score (nSPS) is 12.1. The van der Waals surface area contributed by atoms with Crippen LogP contribution in [0.5, 0.6) is 0 Å². The minimum Gasteiger partial charge on any atom is -0.298 e. The fourth-order valence-corrected chi connectivity index (χ4v) is 2.90. The lowest BCUT2D eigenvalue weighted by atomic mass is 10.1. The summed E-state index contributed by atoms with van der Waals surface area (Å²) in [6.45, 7) is 0. The second kappa shape index (κ2) is 7.23. The molecule has 0 unspecified atom stereocenters. The predicted molar refractivity (Wildman–Crippen MR) is 89.7 cm³/mol. The molecule has 2 heterocycles. The van der Waals surface area contributed by atoms with Gasteiger partial charge in [-0.05, 0) is 24.3 Å². The van der Waals surface area contributed by atoms with Crippen molar-refractivity contribution in [3.8, 4) is 11.3 Å². The van der Waals surface area contributed by atoms with Crippen LogP contribution in [-0.4, -0.2) is 15.9 Å². The fraction of sp³-hybridized carbons (Fsp3) is 0.118. The maximum atomic E-state index is 12.8. The molecule has 1 aromatic carbocycles. The van der Waals surface area contributed by atoms with Crippen LogP contribution < -0.4 is 5.32 Å². The van der Waals surface area contributed by atoms with Crippen LogP contribution in [0.4, 0.5) is 31.5 Å². The van der Waals surface area contributed by atoms with Crippen LogP contribution in [0.15, 0.2) is 48.0 Å². The molecule has 11 heteroatoms. The first-order valence-corrected chi connectivity index (χ1v) is 8.40. The summed E-state index contributed by atoms with van der Waals surface area (Å²) in [6.07, 6.45) is -8.34. The molecule has 0 aliphatic carbocycles. The summed E-state index contributed by atoms with van der Waals surface area (Å²) in [5.41, 5.74) is -1.66. The number of alkyl halides is 6. The van der Waals surface area contributed by atoms with E-state index in [4.69, 9.17) is 0 Å². The van der Waals surface area contributed by atoms with E-state index in [0.29, 0.717) is 6.07 Å². The van der Waals surface area contributed by atoms with Gasteiger partial charge in [-0.1, -0.05) is 12.1 Å². The molecule has 3 aromatic rings. The van der Waals surface area contributed by atoms with E-state index in [1.807, 2.05) is 0 Å². The Morgan fingerprint density at radius 1 is 1.00 bits per heavy atom. The van der Waals surface area contributed by atoms with E-state index >= 15 is 0 Å². The molecule has 0 saturated carbocycles. The first-order valence-electron chi connectivity index (χ1n) is 7.52. The van der Waals surface area contributed by atoms with E-state index < -0.39 is 29.5 Å². The first-order chi connectivity index (χ1) is 13.0. The van der Waals surface area contributed by atoms with E-state index in [9.17, 15) is 31.1 Å². The third kappa shape index (κ3) is 4.47. The molecule has 2 aromatic heterocycles. The Balaban J connectivity index is 1.75. The van der Waals surface area contributed by atoms with Crippen LogP contribution in [0, 0.1) is 0 Å². The predicted octanol–water partition coefficient (Wildman–Crippen LogP) is 5.50. The second-order valence-electron chi connectivity index (χ2n) is 5.50. The SMILES string of the molecule is O=C(Nc1nc(-c2cccc(C(F)(F)F)c2)cs1)c1ccc(C(F)(F)F)nc1. The molecular weight excluding hydrogens is 408 g/mol. The van der Waals surface area contributed by atoms with Gasteiger partial charge in [0.2, 0.25) is 0 Å². The van der Waals surface area contributed by atoms with E-state index in [-0.39, 0.29) is 22.0 Å². The van der Waals surface area contributed by atoms with Gasteiger partial charge < -0.3 is 0 Å². The maximum Gasteiger partial charge on any atom is 0.433 e. The van der Waals surface area contributed by atoms with Crippen LogP contribution in [0.2, 0.25) is 0 Å². The number of carbonyl (C=O) groups excluding carboxylic acids is 1. The number of hydrogen-bond donors (Lipinski definition) is 1. The molecule has 4 nitrogen and oxygen atoms in total. The summed E-state index contributed by atoms with van der Waals surface area (Å²) in [5, 5.41) is 3.91. The number of rotatable bonds is 3. The zero-order chi connectivity index (χ0) is 20.5. The van der Waals surface area contributed by atoms with Crippen LogP contribution in [0.25, 0.3) is 11.3 Å². The van der Waals surface area contributed by atoms with Crippen molar-refractivity contribution in [1.82, 2.24) is 9.97 Å². The van der Waals surface area contributed by atoms with Crippen molar-refractivity contribution in [3.05, 3.63) is 64.8 Å². The Labute approximate surface area is 157 Å². The highest BCUT2D eigenvalue weighted by Gasteiger charge is 2.32. The van der Waals surface area contributed by atoms with Gasteiger partial charge in [-0.25, -0.2) is 4.98 Å². The first kappa shape index (κ1) is 19.8. The third-order valence-electron chi connectivity index (χ3n) is 3.53. The number of benzene rings is 1. The van der Waals surface area contributed by atoms with Gasteiger partial charge in [-0.2, -0.15) is 26.3 Å². The minimum absolute atomic E-state index is 0.0808. The number of pyridine rings is 1. The Kier molecular flexibility index (Phi) is 5.11. The van der Waals surface area contributed by atoms with Gasteiger partial charge in [0.15, 0.2) is 5.13 Å². The maximum absolute atomic E-state index is 12.8. The lowest BCUT2D eigenvalue weighted by molar-refractivity contribution is -0.141. The molecule has 0 saturated heterocycles. The minimum atomic E-state index is -4.62. The number of halogens is 6. The van der Waals surface area contributed by atoms with Gasteiger partial charge >= 0.3 is 12.4 Å². The third-order valence-corrected chi connectivity index (χ3v) is 4.28. The van der Waals surface area contributed by atoms with Gasteiger partial charge in [-0.3, -0.25) is 15.1 Å². The highest BCUT2D eigenvalue weighted by Crippen LogP contribution is 2.33. The molecule has 0 aliphatic rings. The zero-order valence-corrected chi connectivity index (χ0v) is 14.4. The molecule has 1 N–H and O–H groups in total. The van der Waals surface area contributed by atoms with Gasteiger partial charge in [0.25, 0.3) is 5.91 Å². The average molecular weight is 417 g/mol. The van der Waals surface area contributed by atoms with Crippen LogP contribution in [0.3, 0.4) is 0 Å². The second-order valence-corrected chi connectivity index (χ2v) is 6.36. The molecule has 0 aliphatic heterocycles. The molecule has 0 radical (unpaired) electrons. The van der Waals surface area contributed by atoms with Crippen LogP contribution in [-0.2, 0) is 12.4 Å². The Morgan fingerprint density at radius 3 is 2.36 bits per heavy atom. The molecular formula is C17H9F6N3OS. The molecule has 0 bridgehead atoms.